The Labute approximate surface area is 440 Å². The molecule has 0 aliphatic rings. The molecule has 0 saturated heterocycles. The van der Waals surface area contributed by atoms with E-state index in [1.807, 2.05) is 0 Å². The summed E-state index contributed by atoms with van der Waals surface area (Å²) in [6.45, 7) is 3.57. The average Bonchev–Trinajstić information content (AvgIpc) is 3.37. The lowest BCUT2D eigenvalue weighted by Crippen LogP contribution is -2.29. The summed E-state index contributed by atoms with van der Waals surface area (Å²) in [5.74, 6) is -0.864. The van der Waals surface area contributed by atoms with Crippen LogP contribution in [0.5, 0.6) is 0 Å². The number of unbranched alkanes of at least 4 members (excludes halogenated alkanes) is 16. The standard InChI is InChI=1S/C62H102NO8P/c1-3-5-7-9-11-13-15-17-19-20-21-22-23-24-25-26-27-28-29-30-31-32-33-34-35-36-37-38-39-40-41-43-45-47-49-51-53-55-62(65)71-60(59-70-72(66,67)69-57-56-63)58-68-61(64)54-52-50-48-46-44-42-18-16-14-12-10-8-6-4-2/h5,7,11,13,16-19,21-22,24-25,27-28,30-31,33-34,36-37,39-40,60H,3-4,6,8-10,12,14-15,20,23,26,29,32,35,38,41-59,63H2,1-2H3,(H,66,67)/b7-5-,13-11-,18-16-,19-17-,22-21-,25-24-,28-27-,31-30-,34-33-,37-36-,40-39-. The van der Waals surface area contributed by atoms with Crippen LogP contribution in [0, 0.1) is 0 Å². The molecule has 0 spiro atoms. The normalized spacial score (nSPS) is 14.1. The molecule has 0 aliphatic carbocycles. The highest BCUT2D eigenvalue weighted by molar-refractivity contribution is 7.47. The second kappa shape index (κ2) is 56.4. The second-order valence-electron chi connectivity index (χ2n) is 18.1. The van der Waals surface area contributed by atoms with Crippen molar-refractivity contribution in [1.82, 2.24) is 0 Å². The lowest BCUT2D eigenvalue weighted by atomic mass is 10.1. The summed E-state index contributed by atoms with van der Waals surface area (Å²) in [5, 5.41) is 0. The van der Waals surface area contributed by atoms with Crippen LogP contribution in [0.3, 0.4) is 0 Å². The van der Waals surface area contributed by atoms with Gasteiger partial charge in [-0.1, -0.05) is 218 Å². The number of esters is 2. The van der Waals surface area contributed by atoms with Crippen LogP contribution < -0.4 is 5.73 Å². The zero-order valence-corrected chi connectivity index (χ0v) is 46.3. The molecule has 9 nitrogen and oxygen atoms in total. The summed E-state index contributed by atoms with van der Waals surface area (Å²) in [6.07, 6.45) is 79.3. The number of hydrogen-bond donors (Lipinski definition) is 2. The van der Waals surface area contributed by atoms with Gasteiger partial charge in [-0.15, -0.1) is 0 Å². The molecule has 0 rings (SSSR count). The van der Waals surface area contributed by atoms with Gasteiger partial charge >= 0.3 is 19.8 Å². The van der Waals surface area contributed by atoms with Crippen LogP contribution >= 0.6 is 7.82 Å². The lowest BCUT2D eigenvalue weighted by Gasteiger charge is -2.19. The summed E-state index contributed by atoms with van der Waals surface area (Å²) in [5.41, 5.74) is 5.37. The quantitative estimate of drug-likeness (QED) is 0.0264. The number of carbonyl (C=O) groups is 2. The van der Waals surface area contributed by atoms with Crippen LogP contribution in [0.25, 0.3) is 0 Å². The molecule has 0 aromatic rings. The van der Waals surface area contributed by atoms with E-state index in [-0.39, 0.29) is 32.6 Å². The SMILES string of the molecule is CC/C=C\C/C=C\C/C=C\C/C=C\C/C=C\C/C=C\C/C=C\C/C=C\C/C=C\C/C=C\CCCCCCCCC(=O)OC(COC(=O)CCCCCCC/C=C\CCCCCCC)COP(=O)(O)OCCN. The minimum absolute atomic E-state index is 0.0431. The fourth-order valence-electron chi connectivity index (χ4n) is 7.13. The fraction of sp³-hybridized carbons (Fsp3) is 0.613. The van der Waals surface area contributed by atoms with E-state index in [1.54, 1.807) is 0 Å². The minimum atomic E-state index is -4.40. The van der Waals surface area contributed by atoms with Gasteiger partial charge in [0, 0.05) is 19.4 Å². The Morgan fingerprint density at radius 2 is 0.764 bits per heavy atom. The van der Waals surface area contributed by atoms with Gasteiger partial charge in [0.15, 0.2) is 6.10 Å². The number of phosphoric acid groups is 1. The first-order chi connectivity index (χ1) is 35.3. The monoisotopic (exact) mass is 1020 g/mol. The van der Waals surface area contributed by atoms with Crippen LogP contribution in [0.1, 0.15) is 213 Å². The molecule has 0 aromatic heterocycles. The molecular weight excluding hydrogens is 918 g/mol. The number of carbonyl (C=O) groups excluding carboxylic acids is 2. The summed E-state index contributed by atoms with van der Waals surface area (Å²) in [7, 11) is -4.40. The van der Waals surface area contributed by atoms with Crippen molar-refractivity contribution in [2.45, 2.75) is 219 Å². The summed E-state index contributed by atoms with van der Waals surface area (Å²) >= 11 is 0. The number of ether oxygens (including phenoxy) is 2. The molecule has 10 heteroatoms. The van der Waals surface area contributed by atoms with E-state index in [1.165, 1.54) is 38.5 Å². The highest BCUT2D eigenvalue weighted by Crippen LogP contribution is 2.43. The Bertz CT molecular complexity index is 1630. The van der Waals surface area contributed by atoms with Gasteiger partial charge < -0.3 is 20.1 Å². The maximum Gasteiger partial charge on any atom is 0.472 e. The van der Waals surface area contributed by atoms with Crippen molar-refractivity contribution in [2.75, 3.05) is 26.4 Å². The highest BCUT2D eigenvalue weighted by Gasteiger charge is 2.26. The second-order valence-corrected chi connectivity index (χ2v) is 19.5. The van der Waals surface area contributed by atoms with Crippen LogP contribution in [-0.2, 0) is 32.7 Å². The van der Waals surface area contributed by atoms with Gasteiger partial charge in [0.05, 0.1) is 13.2 Å². The van der Waals surface area contributed by atoms with E-state index >= 15 is 0 Å². The van der Waals surface area contributed by atoms with E-state index in [2.05, 4.69) is 148 Å². The van der Waals surface area contributed by atoms with Crippen molar-refractivity contribution in [3.63, 3.8) is 0 Å². The Morgan fingerprint density at radius 3 is 1.15 bits per heavy atom. The third kappa shape index (κ3) is 55.5. The molecule has 0 fully saturated rings. The van der Waals surface area contributed by atoms with Crippen LogP contribution in [0.4, 0.5) is 0 Å². The fourth-order valence-corrected chi connectivity index (χ4v) is 7.89. The van der Waals surface area contributed by atoms with Gasteiger partial charge in [-0.3, -0.25) is 18.6 Å². The molecule has 0 amide bonds. The first-order valence-electron chi connectivity index (χ1n) is 28.2. The van der Waals surface area contributed by atoms with Gasteiger partial charge in [-0.25, -0.2) is 4.57 Å². The van der Waals surface area contributed by atoms with Crippen molar-refractivity contribution in [3.8, 4) is 0 Å². The molecule has 72 heavy (non-hydrogen) atoms. The van der Waals surface area contributed by atoms with Gasteiger partial charge in [-0.2, -0.15) is 0 Å². The van der Waals surface area contributed by atoms with Gasteiger partial charge in [-0.05, 0) is 116 Å². The van der Waals surface area contributed by atoms with Crippen LogP contribution in [0.15, 0.2) is 134 Å². The number of hydrogen-bond acceptors (Lipinski definition) is 8. The zero-order valence-electron chi connectivity index (χ0n) is 45.4. The first kappa shape index (κ1) is 68.2. The Hall–Kier alpha value is -3.85. The number of rotatable bonds is 51. The van der Waals surface area contributed by atoms with Gasteiger partial charge in [0.25, 0.3) is 0 Å². The molecular formula is C62H102NO8P. The molecule has 0 radical (unpaired) electrons. The lowest BCUT2D eigenvalue weighted by molar-refractivity contribution is -0.161. The molecule has 408 valence electrons. The average molecular weight is 1020 g/mol. The van der Waals surface area contributed by atoms with Gasteiger partial charge in [0.2, 0.25) is 0 Å². The highest BCUT2D eigenvalue weighted by atomic mass is 31.2. The summed E-state index contributed by atoms with van der Waals surface area (Å²) in [6, 6.07) is 0. The predicted octanol–water partition coefficient (Wildman–Crippen LogP) is 17.8. The van der Waals surface area contributed by atoms with Crippen LogP contribution in [0.2, 0.25) is 0 Å². The summed E-state index contributed by atoms with van der Waals surface area (Å²) < 4.78 is 32.9. The Kier molecular flexibility index (Phi) is 53.4. The van der Waals surface area contributed by atoms with E-state index in [0.29, 0.717) is 12.8 Å². The first-order valence-corrected chi connectivity index (χ1v) is 29.7. The maximum atomic E-state index is 12.7. The third-order valence-electron chi connectivity index (χ3n) is 11.3. The molecule has 0 heterocycles. The molecule has 2 atom stereocenters. The Morgan fingerprint density at radius 1 is 0.431 bits per heavy atom. The number of phosphoric ester groups is 1. The summed E-state index contributed by atoms with van der Waals surface area (Å²) in [4.78, 5) is 35.1. The molecule has 2 unspecified atom stereocenters. The van der Waals surface area contributed by atoms with E-state index in [0.717, 1.165) is 135 Å². The largest absolute Gasteiger partial charge is 0.472 e. The topological polar surface area (TPSA) is 134 Å². The third-order valence-corrected chi connectivity index (χ3v) is 12.3. The minimum Gasteiger partial charge on any atom is -0.462 e. The smallest absolute Gasteiger partial charge is 0.462 e. The van der Waals surface area contributed by atoms with Gasteiger partial charge in [0.1, 0.15) is 6.61 Å². The van der Waals surface area contributed by atoms with Crippen molar-refractivity contribution < 1.29 is 37.6 Å². The molecule has 0 aromatic carbocycles. The maximum absolute atomic E-state index is 12.7. The molecule has 0 aliphatic heterocycles. The Balaban J connectivity index is 4.05. The van der Waals surface area contributed by atoms with Crippen molar-refractivity contribution in [1.29, 1.82) is 0 Å². The number of nitrogens with two attached hydrogens (primary N) is 1. The zero-order chi connectivity index (χ0) is 52.4. The number of allylic oxidation sites excluding steroid dienone is 22. The molecule has 0 bridgehead atoms. The van der Waals surface area contributed by atoms with Crippen molar-refractivity contribution in [3.05, 3.63) is 134 Å². The van der Waals surface area contributed by atoms with E-state index in [4.69, 9.17) is 24.3 Å². The molecule has 0 saturated carbocycles. The van der Waals surface area contributed by atoms with Crippen molar-refractivity contribution in [2.24, 2.45) is 5.73 Å². The van der Waals surface area contributed by atoms with Crippen molar-refractivity contribution >= 4 is 19.8 Å². The van der Waals surface area contributed by atoms with E-state index in [9.17, 15) is 19.0 Å². The van der Waals surface area contributed by atoms with E-state index < -0.39 is 32.5 Å². The molecule has 3 N–H and O–H groups in total. The van der Waals surface area contributed by atoms with Crippen LogP contribution in [-0.4, -0.2) is 49.3 Å². The predicted molar refractivity (Wildman–Crippen MR) is 307 cm³/mol.